The van der Waals surface area contributed by atoms with Crippen molar-refractivity contribution in [3.8, 4) is 0 Å². The second-order valence-corrected chi connectivity index (χ2v) is 5.19. The molecule has 0 aliphatic rings. The number of carboxylic acid groups (broad SMARTS) is 1. The molecule has 1 atom stereocenters. The Morgan fingerprint density at radius 1 is 1.42 bits per heavy atom. The summed E-state index contributed by atoms with van der Waals surface area (Å²) in [6, 6.07) is 5.82. The molecule has 0 saturated heterocycles. The quantitative estimate of drug-likeness (QED) is 0.749. The number of carboxylic acids is 1. The largest absolute Gasteiger partial charge is 0.478 e. The summed E-state index contributed by atoms with van der Waals surface area (Å²) >= 11 is 1.73. The molecular weight excluding hydrogens is 264 g/mol. The summed E-state index contributed by atoms with van der Waals surface area (Å²) < 4.78 is 0. The van der Waals surface area contributed by atoms with E-state index in [1.807, 2.05) is 6.26 Å². The van der Waals surface area contributed by atoms with E-state index in [0.29, 0.717) is 18.2 Å². The first-order valence-corrected chi connectivity index (χ1v) is 7.29. The summed E-state index contributed by atoms with van der Waals surface area (Å²) in [5, 5.41) is 14.2. The zero-order valence-electron chi connectivity index (χ0n) is 11.0. The third-order valence-electron chi connectivity index (χ3n) is 2.43. The summed E-state index contributed by atoms with van der Waals surface area (Å²) in [5.74, 6) is 0.359. The normalized spacial score (nSPS) is 11.7. The Balaban J connectivity index is 2.48. The highest BCUT2D eigenvalue weighted by Gasteiger charge is 2.07. The fraction of sp³-hybridized carbons (Fsp3) is 0.385. The Morgan fingerprint density at radius 3 is 2.79 bits per heavy atom. The van der Waals surface area contributed by atoms with Gasteiger partial charge < -0.3 is 15.7 Å². The average molecular weight is 282 g/mol. The lowest BCUT2D eigenvalue weighted by Gasteiger charge is -2.12. The zero-order valence-corrected chi connectivity index (χ0v) is 11.8. The molecule has 6 heteroatoms. The van der Waals surface area contributed by atoms with Crippen molar-refractivity contribution in [1.82, 2.24) is 5.32 Å². The predicted octanol–water partition coefficient (Wildman–Crippen LogP) is 2.51. The van der Waals surface area contributed by atoms with Crippen LogP contribution < -0.4 is 10.6 Å². The maximum Gasteiger partial charge on any atom is 0.335 e. The fourth-order valence-corrected chi connectivity index (χ4v) is 2.20. The van der Waals surface area contributed by atoms with Gasteiger partial charge in [-0.05, 0) is 36.1 Å². The van der Waals surface area contributed by atoms with Crippen molar-refractivity contribution >= 4 is 29.4 Å². The molecule has 3 N–H and O–H groups in total. The number of anilines is 1. The molecular formula is C13H18N2O3S. The number of hydrogen-bond donors (Lipinski definition) is 3. The van der Waals surface area contributed by atoms with Crippen LogP contribution in [0.5, 0.6) is 0 Å². The molecule has 1 rings (SSSR count). The second-order valence-electron chi connectivity index (χ2n) is 4.28. The molecule has 0 fully saturated rings. The third kappa shape index (κ3) is 5.65. The van der Waals surface area contributed by atoms with E-state index >= 15 is 0 Å². The van der Waals surface area contributed by atoms with Crippen molar-refractivity contribution in [3.05, 3.63) is 29.8 Å². The summed E-state index contributed by atoms with van der Waals surface area (Å²) in [6.45, 7) is 2.65. The average Bonchev–Trinajstić information content (AvgIpc) is 2.37. The van der Waals surface area contributed by atoms with E-state index in [0.717, 1.165) is 5.75 Å². The van der Waals surface area contributed by atoms with Gasteiger partial charge in [0.05, 0.1) is 5.56 Å². The van der Waals surface area contributed by atoms with E-state index in [-0.39, 0.29) is 11.6 Å². The first kappa shape index (κ1) is 15.4. The van der Waals surface area contributed by atoms with Gasteiger partial charge in [0.15, 0.2) is 0 Å². The molecule has 1 aromatic rings. The molecule has 0 radical (unpaired) electrons. The highest BCUT2D eigenvalue weighted by atomic mass is 32.2. The predicted molar refractivity (Wildman–Crippen MR) is 78.0 cm³/mol. The van der Waals surface area contributed by atoms with E-state index in [4.69, 9.17) is 5.11 Å². The number of thioether (sulfide) groups is 1. The molecule has 0 aliphatic carbocycles. The van der Waals surface area contributed by atoms with Crippen molar-refractivity contribution in [2.45, 2.75) is 6.92 Å². The Hall–Kier alpha value is -1.69. The van der Waals surface area contributed by atoms with E-state index in [9.17, 15) is 9.59 Å². The summed E-state index contributed by atoms with van der Waals surface area (Å²) in [4.78, 5) is 22.4. The zero-order chi connectivity index (χ0) is 14.3. The monoisotopic (exact) mass is 282 g/mol. The van der Waals surface area contributed by atoms with Crippen LogP contribution in [-0.2, 0) is 0 Å². The van der Waals surface area contributed by atoms with Crippen molar-refractivity contribution in [1.29, 1.82) is 0 Å². The van der Waals surface area contributed by atoms with E-state index in [2.05, 4.69) is 17.6 Å². The second kappa shape index (κ2) is 7.68. The number of nitrogens with one attached hydrogen (secondary N) is 2. The molecule has 5 nitrogen and oxygen atoms in total. The fourth-order valence-electron chi connectivity index (χ4n) is 1.52. The minimum Gasteiger partial charge on any atom is -0.478 e. The molecule has 1 unspecified atom stereocenters. The number of hydrogen-bond acceptors (Lipinski definition) is 3. The third-order valence-corrected chi connectivity index (χ3v) is 3.33. The number of carbonyl (C=O) groups is 2. The standard InChI is InChI=1S/C13H18N2O3S/c1-9(8-19-2)7-14-13(18)15-11-5-3-4-10(6-11)12(16)17/h3-6,9H,7-8H2,1-2H3,(H,16,17)(H2,14,15,18). The maximum absolute atomic E-state index is 11.6. The molecule has 104 valence electrons. The SMILES string of the molecule is CSCC(C)CNC(=O)Nc1cccc(C(=O)O)c1. The van der Waals surface area contributed by atoms with Crippen molar-refractivity contribution in [2.75, 3.05) is 23.9 Å². The Morgan fingerprint density at radius 2 is 2.16 bits per heavy atom. The van der Waals surface area contributed by atoms with Crippen LogP contribution in [0.15, 0.2) is 24.3 Å². The van der Waals surface area contributed by atoms with Crippen LogP contribution in [0, 0.1) is 5.92 Å². The molecule has 2 amide bonds. The van der Waals surface area contributed by atoms with Crippen LogP contribution in [0.25, 0.3) is 0 Å². The van der Waals surface area contributed by atoms with E-state index in [1.54, 1.807) is 23.9 Å². The van der Waals surface area contributed by atoms with Crippen molar-refractivity contribution in [3.63, 3.8) is 0 Å². The molecule has 0 heterocycles. The topological polar surface area (TPSA) is 78.4 Å². The van der Waals surface area contributed by atoms with Gasteiger partial charge in [-0.3, -0.25) is 0 Å². The van der Waals surface area contributed by atoms with Crippen LogP contribution in [0.4, 0.5) is 10.5 Å². The minimum atomic E-state index is -1.02. The first-order valence-electron chi connectivity index (χ1n) is 5.90. The van der Waals surface area contributed by atoms with Crippen LogP contribution in [-0.4, -0.2) is 35.7 Å². The highest BCUT2D eigenvalue weighted by molar-refractivity contribution is 7.98. The highest BCUT2D eigenvalue weighted by Crippen LogP contribution is 2.10. The Labute approximate surface area is 116 Å². The van der Waals surface area contributed by atoms with Crippen molar-refractivity contribution in [2.24, 2.45) is 5.92 Å². The van der Waals surface area contributed by atoms with Crippen LogP contribution in [0.2, 0.25) is 0 Å². The number of amides is 2. The van der Waals surface area contributed by atoms with Crippen LogP contribution in [0.1, 0.15) is 17.3 Å². The minimum absolute atomic E-state index is 0.147. The lowest BCUT2D eigenvalue weighted by atomic mass is 10.2. The van der Waals surface area contributed by atoms with E-state index < -0.39 is 5.97 Å². The van der Waals surface area contributed by atoms with Crippen LogP contribution >= 0.6 is 11.8 Å². The molecule has 0 spiro atoms. The van der Waals surface area contributed by atoms with Crippen molar-refractivity contribution < 1.29 is 14.7 Å². The molecule has 19 heavy (non-hydrogen) atoms. The Bertz CT molecular complexity index is 451. The number of carbonyl (C=O) groups excluding carboxylic acids is 1. The van der Waals surface area contributed by atoms with Gasteiger partial charge in [0.2, 0.25) is 0 Å². The summed E-state index contributed by atoms with van der Waals surface area (Å²) in [6.07, 6.45) is 2.02. The van der Waals surface area contributed by atoms with Gasteiger partial charge in [0, 0.05) is 12.2 Å². The van der Waals surface area contributed by atoms with Gasteiger partial charge in [-0.2, -0.15) is 11.8 Å². The van der Waals surface area contributed by atoms with Gasteiger partial charge >= 0.3 is 12.0 Å². The lowest BCUT2D eigenvalue weighted by molar-refractivity contribution is 0.0697. The lowest BCUT2D eigenvalue weighted by Crippen LogP contribution is -2.33. The molecule has 0 bridgehead atoms. The number of rotatable bonds is 6. The van der Waals surface area contributed by atoms with Gasteiger partial charge in [-0.1, -0.05) is 13.0 Å². The van der Waals surface area contributed by atoms with Crippen LogP contribution in [0.3, 0.4) is 0 Å². The summed E-state index contributed by atoms with van der Waals surface area (Å²) in [5.41, 5.74) is 0.614. The summed E-state index contributed by atoms with van der Waals surface area (Å²) in [7, 11) is 0. The Kier molecular flexibility index (Phi) is 6.21. The molecule has 1 aromatic carbocycles. The van der Waals surface area contributed by atoms with Gasteiger partial charge in [0.25, 0.3) is 0 Å². The number of urea groups is 1. The smallest absolute Gasteiger partial charge is 0.335 e. The maximum atomic E-state index is 11.6. The van der Waals surface area contributed by atoms with Gasteiger partial charge in [-0.15, -0.1) is 0 Å². The number of benzene rings is 1. The molecule has 0 aliphatic heterocycles. The van der Waals surface area contributed by atoms with E-state index in [1.165, 1.54) is 12.1 Å². The first-order chi connectivity index (χ1) is 9.02. The molecule has 0 saturated carbocycles. The molecule has 0 aromatic heterocycles. The van der Waals surface area contributed by atoms with Gasteiger partial charge in [0.1, 0.15) is 0 Å². The van der Waals surface area contributed by atoms with Gasteiger partial charge in [-0.25, -0.2) is 9.59 Å². The number of aromatic carboxylic acids is 1.